The lowest BCUT2D eigenvalue weighted by Gasteiger charge is -2.28. The van der Waals surface area contributed by atoms with E-state index < -0.39 is 0 Å². The highest BCUT2D eigenvalue weighted by atomic mass is 15.2. The van der Waals surface area contributed by atoms with Gasteiger partial charge in [-0.1, -0.05) is 27.7 Å². The largest absolute Gasteiger partial charge is 0.187 e. The molecule has 0 radical (unpaired) electrons. The summed E-state index contributed by atoms with van der Waals surface area (Å²) in [6.07, 6.45) is 0. The van der Waals surface area contributed by atoms with Gasteiger partial charge in [-0.25, -0.2) is 0 Å². The van der Waals surface area contributed by atoms with Crippen LogP contribution in [-0.4, -0.2) is 11.1 Å². The lowest BCUT2D eigenvalue weighted by molar-refractivity contribution is 0.302. The van der Waals surface area contributed by atoms with Crippen LogP contribution in [0.2, 0.25) is 0 Å². The van der Waals surface area contributed by atoms with Crippen LogP contribution in [0.4, 0.5) is 0 Å². The zero-order valence-corrected chi connectivity index (χ0v) is 11.0. The zero-order chi connectivity index (χ0) is 11.6. The molecular formula is C12H26N2. The van der Waals surface area contributed by atoms with Crippen LogP contribution in [0.25, 0.3) is 0 Å². The summed E-state index contributed by atoms with van der Waals surface area (Å²) in [6.45, 7) is 17.3. The minimum absolute atomic E-state index is 0.0494. The Hall–Kier alpha value is -0.400. The summed E-state index contributed by atoms with van der Waals surface area (Å²) in [5.41, 5.74) is -0.0989. The fourth-order valence-electron chi connectivity index (χ4n) is 0.489. The van der Waals surface area contributed by atoms with Crippen molar-refractivity contribution >= 4 is 0 Å². The Bertz CT molecular complexity index is 178. The maximum atomic E-state index is 4.47. The van der Waals surface area contributed by atoms with Gasteiger partial charge < -0.3 is 0 Å². The quantitative estimate of drug-likeness (QED) is 0.601. The minimum atomic E-state index is -0.0494. The van der Waals surface area contributed by atoms with Gasteiger partial charge in [-0.2, -0.15) is 10.2 Å². The third-order valence-electron chi connectivity index (χ3n) is 3.39. The van der Waals surface area contributed by atoms with E-state index in [0.29, 0.717) is 11.8 Å². The highest BCUT2D eigenvalue weighted by molar-refractivity contribution is 4.84. The Morgan fingerprint density at radius 3 is 1.00 bits per heavy atom. The van der Waals surface area contributed by atoms with Crippen LogP contribution in [0.1, 0.15) is 55.4 Å². The number of rotatable bonds is 4. The lowest BCUT2D eigenvalue weighted by atomic mass is 9.91. The summed E-state index contributed by atoms with van der Waals surface area (Å²) in [4.78, 5) is 0. The van der Waals surface area contributed by atoms with Crippen LogP contribution in [0.5, 0.6) is 0 Å². The van der Waals surface area contributed by atoms with E-state index in [4.69, 9.17) is 0 Å². The lowest BCUT2D eigenvalue weighted by Crippen LogP contribution is -2.28. The molecule has 14 heavy (non-hydrogen) atoms. The summed E-state index contributed by atoms with van der Waals surface area (Å²) in [5.74, 6) is 1.04. The van der Waals surface area contributed by atoms with E-state index in [1.165, 1.54) is 0 Å². The number of hydrogen-bond acceptors (Lipinski definition) is 2. The number of azo groups is 1. The van der Waals surface area contributed by atoms with E-state index in [2.05, 4.69) is 65.6 Å². The number of hydrogen-bond donors (Lipinski definition) is 0. The van der Waals surface area contributed by atoms with Gasteiger partial charge in [0.25, 0.3) is 0 Å². The van der Waals surface area contributed by atoms with Gasteiger partial charge in [0.15, 0.2) is 0 Å². The van der Waals surface area contributed by atoms with Crippen LogP contribution in [0.15, 0.2) is 10.2 Å². The molecule has 0 aromatic heterocycles. The molecule has 0 rings (SSSR count). The van der Waals surface area contributed by atoms with Gasteiger partial charge in [-0.3, -0.25) is 0 Å². The van der Waals surface area contributed by atoms with Gasteiger partial charge in [0.05, 0.1) is 11.1 Å². The van der Waals surface area contributed by atoms with E-state index >= 15 is 0 Å². The molecule has 0 saturated heterocycles. The molecule has 0 aliphatic heterocycles. The van der Waals surface area contributed by atoms with Crippen molar-refractivity contribution in [2.75, 3.05) is 0 Å². The molecule has 0 spiro atoms. The number of nitrogens with zero attached hydrogens (tertiary/aromatic N) is 2. The Morgan fingerprint density at radius 2 is 0.857 bits per heavy atom. The first-order chi connectivity index (χ1) is 6.09. The molecule has 0 aromatic rings. The first kappa shape index (κ1) is 13.6. The fourth-order valence-corrected chi connectivity index (χ4v) is 0.489. The smallest absolute Gasteiger partial charge is 0.0783 e. The fraction of sp³-hybridized carbons (Fsp3) is 1.00. The predicted molar refractivity (Wildman–Crippen MR) is 62.7 cm³/mol. The van der Waals surface area contributed by atoms with Gasteiger partial charge in [-0.05, 0) is 39.5 Å². The second kappa shape index (κ2) is 4.41. The first-order valence-electron chi connectivity index (χ1n) is 5.53. The van der Waals surface area contributed by atoms with Crippen molar-refractivity contribution in [2.45, 2.75) is 66.5 Å². The van der Waals surface area contributed by atoms with Crippen LogP contribution in [-0.2, 0) is 0 Å². The zero-order valence-electron chi connectivity index (χ0n) is 11.0. The van der Waals surface area contributed by atoms with E-state index in [9.17, 15) is 0 Å². The van der Waals surface area contributed by atoms with Crippen LogP contribution in [0, 0.1) is 11.8 Å². The summed E-state index contributed by atoms with van der Waals surface area (Å²) in [5, 5.41) is 8.95. The Kier molecular flexibility index (Phi) is 4.29. The molecule has 0 amide bonds. The van der Waals surface area contributed by atoms with Crippen molar-refractivity contribution in [3.8, 4) is 0 Å². The normalized spacial score (nSPS) is 14.7. The Morgan fingerprint density at radius 1 is 0.643 bits per heavy atom. The molecule has 0 aromatic carbocycles. The van der Waals surface area contributed by atoms with Gasteiger partial charge in [-0.15, -0.1) is 0 Å². The predicted octanol–water partition coefficient (Wildman–Crippen LogP) is 4.31. The van der Waals surface area contributed by atoms with E-state index in [0.717, 1.165) is 0 Å². The standard InChI is InChI=1S/C12H26N2/c1-9(2)11(5,6)13-14-12(7,8)10(3)4/h9-10H,1-8H3. The second-order valence-corrected chi connectivity index (χ2v) is 5.82. The molecule has 0 unspecified atom stereocenters. The first-order valence-corrected chi connectivity index (χ1v) is 5.53. The molecule has 0 N–H and O–H groups in total. The highest BCUT2D eigenvalue weighted by Gasteiger charge is 2.26. The maximum absolute atomic E-state index is 4.47. The molecule has 0 fully saturated rings. The molecule has 0 atom stereocenters. The van der Waals surface area contributed by atoms with E-state index in [-0.39, 0.29) is 11.1 Å². The molecular weight excluding hydrogens is 172 g/mol. The molecule has 2 heteroatoms. The summed E-state index contributed by atoms with van der Waals surface area (Å²) >= 11 is 0. The summed E-state index contributed by atoms with van der Waals surface area (Å²) in [7, 11) is 0. The average Bonchev–Trinajstić information content (AvgIpc) is 2.01. The molecule has 0 aliphatic carbocycles. The van der Waals surface area contributed by atoms with Crippen LogP contribution in [0.3, 0.4) is 0 Å². The minimum Gasteiger partial charge on any atom is -0.187 e. The van der Waals surface area contributed by atoms with Crippen molar-refractivity contribution in [3.63, 3.8) is 0 Å². The van der Waals surface area contributed by atoms with E-state index in [1.54, 1.807) is 0 Å². The highest BCUT2D eigenvalue weighted by Crippen LogP contribution is 2.26. The molecule has 0 saturated carbocycles. The Labute approximate surface area is 89.2 Å². The van der Waals surface area contributed by atoms with Crippen molar-refractivity contribution in [1.82, 2.24) is 0 Å². The van der Waals surface area contributed by atoms with Gasteiger partial charge >= 0.3 is 0 Å². The summed E-state index contributed by atoms with van der Waals surface area (Å²) < 4.78 is 0. The molecule has 84 valence electrons. The second-order valence-electron chi connectivity index (χ2n) is 5.82. The van der Waals surface area contributed by atoms with Crippen molar-refractivity contribution < 1.29 is 0 Å². The molecule has 0 bridgehead atoms. The topological polar surface area (TPSA) is 24.7 Å². The monoisotopic (exact) mass is 198 g/mol. The van der Waals surface area contributed by atoms with E-state index in [1.807, 2.05) is 0 Å². The van der Waals surface area contributed by atoms with Gasteiger partial charge in [0.1, 0.15) is 0 Å². The molecule has 0 aliphatic rings. The summed E-state index contributed by atoms with van der Waals surface area (Å²) in [6, 6.07) is 0. The maximum Gasteiger partial charge on any atom is 0.0783 e. The van der Waals surface area contributed by atoms with Crippen molar-refractivity contribution in [2.24, 2.45) is 22.1 Å². The molecule has 2 nitrogen and oxygen atoms in total. The van der Waals surface area contributed by atoms with Crippen LogP contribution >= 0.6 is 0 Å². The third-order valence-corrected chi connectivity index (χ3v) is 3.39. The van der Waals surface area contributed by atoms with Gasteiger partial charge in [0, 0.05) is 0 Å². The molecule has 0 heterocycles. The SMILES string of the molecule is CC(C)C(C)(C)N=NC(C)(C)C(C)C. The third kappa shape index (κ3) is 3.77. The Balaban J connectivity index is 4.59. The van der Waals surface area contributed by atoms with Gasteiger partial charge in [0.2, 0.25) is 0 Å². The van der Waals surface area contributed by atoms with Crippen molar-refractivity contribution in [3.05, 3.63) is 0 Å². The van der Waals surface area contributed by atoms with Crippen LogP contribution < -0.4 is 0 Å². The van der Waals surface area contributed by atoms with Crippen molar-refractivity contribution in [1.29, 1.82) is 0 Å². The average molecular weight is 198 g/mol.